The molecule has 2 heterocycles. The number of nitrogens with two attached hydrogens (primary N) is 1. The van der Waals surface area contributed by atoms with Crippen LogP contribution in [0.25, 0.3) is 11.5 Å². The van der Waals surface area contributed by atoms with E-state index in [4.69, 9.17) is 21.8 Å². The third-order valence-electron chi connectivity index (χ3n) is 6.19. The lowest BCUT2D eigenvalue weighted by atomic mass is 9.94. The van der Waals surface area contributed by atoms with Crippen LogP contribution < -0.4 is 15.4 Å². The normalized spacial score (nSPS) is 19.3. The summed E-state index contributed by atoms with van der Waals surface area (Å²) >= 11 is 6.59. The molecule has 1 saturated carbocycles. The van der Waals surface area contributed by atoms with Gasteiger partial charge in [-0.3, -0.25) is 4.31 Å². The summed E-state index contributed by atoms with van der Waals surface area (Å²) in [6.45, 7) is 4.60. The number of sulfonamides is 1. The third kappa shape index (κ3) is 5.74. The molecule has 0 radical (unpaired) electrons. The van der Waals surface area contributed by atoms with Crippen LogP contribution in [0.2, 0.25) is 5.02 Å². The Hall–Kier alpha value is -2.76. The minimum atomic E-state index is -3.63. The molecular weight excluding hydrogens is 495 g/mol. The van der Waals surface area contributed by atoms with Crippen molar-refractivity contribution in [2.75, 3.05) is 29.5 Å². The summed E-state index contributed by atoms with van der Waals surface area (Å²) in [5, 5.41) is 11.6. The van der Waals surface area contributed by atoms with Gasteiger partial charge < -0.3 is 15.5 Å². The number of pyridine rings is 1. The summed E-state index contributed by atoms with van der Waals surface area (Å²) in [5.41, 5.74) is 6.56. The highest BCUT2D eigenvalue weighted by Gasteiger charge is 2.33. The summed E-state index contributed by atoms with van der Waals surface area (Å²) in [4.78, 5) is 4.43. The molecule has 4 rings (SSSR count). The van der Waals surface area contributed by atoms with Gasteiger partial charge in [-0.2, -0.15) is 0 Å². The van der Waals surface area contributed by atoms with Crippen molar-refractivity contribution in [2.24, 2.45) is 17.6 Å². The van der Waals surface area contributed by atoms with Crippen LogP contribution in [-0.4, -0.2) is 43.4 Å². The summed E-state index contributed by atoms with van der Waals surface area (Å²) in [5.74, 6) is 1.55. The van der Waals surface area contributed by atoms with E-state index < -0.39 is 15.6 Å². The molecule has 3 atom stereocenters. The van der Waals surface area contributed by atoms with Crippen molar-refractivity contribution >= 4 is 33.3 Å². The quantitative estimate of drug-likeness (QED) is 0.434. The number of aromatic nitrogens is 3. The van der Waals surface area contributed by atoms with Crippen molar-refractivity contribution < 1.29 is 17.2 Å². The predicted octanol–water partition coefficient (Wildman–Crippen LogP) is 3.80. The molecule has 0 aliphatic heterocycles. The Labute approximate surface area is 208 Å². The predicted molar refractivity (Wildman–Crippen MR) is 133 cm³/mol. The molecule has 2 aromatic heterocycles. The van der Waals surface area contributed by atoms with Crippen LogP contribution in [0.1, 0.15) is 31.7 Å². The zero-order valence-corrected chi connectivity index (χ0v) is 21.5. The Morgan fingerprint density at radius 3 is 2.57 bits per heavy atom. The number of anilines is 2. The van der Waals surface area contributed by atoms with Crippen molar-refractivity contribution in [1.29, 1.82) is 0 Å². The molecule has 0 bridgehead atoms. The van der Waals surface area contributed by atoms with Gasteiger partial charge in [-0.15, -0.1) is 10.2 Å². The van der Waals surface area contributed by atoms with E-state index in [2.05, 4.69) is 27.4 Å². The fraction of sp³-hybridized carbons (Fsp3) is 0.435. The molecule has 1 aliphatic rings. The molecule has 0 saturated heterocycles. The van der Waals surface area contributed by atoms with E-state index in [1.54, 1.807) is 25.1 Å². The van der Waals surface area contributed by atoms with E-state index >= 15 is 0 Å². The van der Waals surface area contributed by atoms with Crippen LogP contribution in [0.3, 0.4) is 0 Å². The van der Waals surface area contributed by atoms with Crippen molar-refractivity contribution in [2.45, 2.75) is 32.2 Å². The summed E-state index contributed by atoms with van der Waals surface area (Å²) < 4.78 is 44.6. The van der Waals surface area contributed by atoms with E-state index in [9.17, 15) is 12.8 Å². The van der Waals surface area contributed by atoms with Gasteiger partial charge in [0, 0.05) is 13.6 Å². The van der Waals surface area contributed by atoms with Gasteiger partial charge in [0.25, 0.3) is 0 Å². The number of benzene rings is 1. The van der Waals surface area contributed by atoms with Crippen LogP contribution in [0.5, 0.6) is 0 Å². The number of nitrogens with one attached hydrogen (secondary N) is 1. The van der Waals surface area contributed by atoms with E-state index in [0.29, 0.717) is 36.2 Å². The van der Waals surface area contributed by atoms with E-state index in [1.165, 1.54) is 19.2 Å². The molecule has 1 fully saturated rings. The fourth-order valence-electron chi connectivity index (χ4n) is 3.71. The maximum atomic E-state index is 13.3. The maximum Gasteiger partial charge on any atom is 0.249 e. The van der Waals surface area contributed by atoms with Gasteiger partial charge in [-0.1, -0.05) is 30.7 Å². The van der Waals surface area contributed by atoms with Crippen LogP contribution in [0.4, 0.5) is 16.0 Å². The first kappa shape index (κ1) is 25.3. The average molecular weight is 523 g/mol. The Balaban J connectivity index is 1.68. The van der Waals surface area contributed by atoms with E-state index in [1.807, 2.05) is 0 Å². The molecule has 3 unspecified atom stereocenters. The smallest absolute Gasteiger partial charge is 0.249 e. The molecule has 12 heteroatoms. The monoisotopic (exact) mass is 522 g/mol. The third-order valence-corrected chi connectivity index (χ3v) is 7.73. The SMILES string of the molecule is CC1CC1CNc1cc(-c2nnc(C(C)(N)Cc3ccc(F)cc3)o2)c(Cl)c(N(C)S(C)(=O)=O)n1. The maximum absolute atomic E-state index is 13.3. The highest BCUT2D eigenvalue weighted by atomic mass is 35.5. The van der Waals surface area contributed by atoms with Crippen LogP contribution in [0.15, 0.2) is 34.7 Å². The number of nitrogens with zero attached hydrogens (tertiary/aromatic N) is 4. The van der Waals surface area contributed by atoms with Crippen LogP contribution in [0, 0.1) is 17.7 Å². The molecule has 1 aliphatic carbocycles. The molecule has 3 aromatic rings. The first-order valence-corrected chi connectivity index (χ1v) is 13.3. The van der Waals surface area contributed by atoms with Gasteiger partial charge in [0.1, 0.15) is 11.6 Å². The molecule has 0 amide bonds. The van der Waals surface area contributed by atoms with Crippen molar-refractivity contribution in [1.82, 2.24) is 15.2 Å². The topological polar surface area (TPSA) is 127 Å². The van der Waals surface area contributed by atoms with Gasteiger partial charge in [0.05, 0.1) is 22.4 Å². The Morgan fingerprint density at radius 2 is 1.97 bits per heavy atom. The van der Waals surface area contributed by atoms with Crippen molar-refractivity contribution in [3.05, 3.63) is 52.6 Å². The largest absolute Gasteiger partial charge is 0.419 e. The number of hydrogen-bond donors (Lipinski definition) is 2. The highest BCUT2D eigenvalue weighted by molar-refractivity contribution is 7.92. The van der Waals surface area contributed by atoms with Crippen LogP contribution >= 0.6 is 11.6 Å². The number of halogens is 2. The minimum Gasteiger partial charge on any atom is -0.419 e. The van der Waals surface area contributed by atoms with Gasteiger partial charge in [0.2, 0.25) is 21.8 Å². The lowest BCUT2D eigenvalue weighted by Gasteiger charge is -2.20. The van der Waals surface area contributed by atoms with Crippen LogP contribution in [-0.2, 0) is 22.0 Å². The molecule has 35 heavy (non-hydrogen) atoms. The van der Waals surface area contributed by atoms with Gasteiger partial charge in [0.15, 0.2) is 5.82 Å². The first-order valence-electron chi connectivity index (χ1n) is 11.1. The van der Waals surface area contributed by atoms with Crippen molar-refractivity contribution in [3.63, 3.8) is 0 Å². The highest BCUT2D eigenvalue weighted by Crippen LogP contribution is 2.40. The lowest BCUT2D eigenvalue weighted by Crippen LogP contribution is -2.35. The standard InChI is InChI=1S/C23H28ClFN6O3S/c1-13-9-15(13)12-27-18-10-17(19(24)20(28-18)31(3)35(4,32)33)21-29-30-22(34-21)23(2,26)11-14-5-7-16(25)8-6-14/h5-8,10,13,15H,9,11-12,26H2,1-4H3,(H,27,28). The zero-order chi connectivity index (χ0) is 25.5. The second kappa shape index (κ2) is 9.36. The molecule has 188 valence electrons. The molecular formula is C23H28ClFN6O3S. The minimum absolute atomic E-state index is 0.0413. The number of hydrogen-bond acceptors (Lipinski definition) is 8. The Morgan fingerprint density at radius 1 is 1.31 bits per heavy atom. The van der Waals surface area contributed by atoms with Gasteiger partial charge >= 0.3 is 0 Å². The Kier molecular flexibility index (Phi) is 6.78. The fourth-order valence-corrected chi connectivity index (χ4v) is 4.51. The first-order chi connectivity index (χ1) is 16.3. The second-order valence-electron chi connectivity index (χ2n) is 9.41. The molecule has 1 aromatic carbocycles. The second-order valence-corrected chi connectivity index (χ2v) is 11.8. The molecule has 3 N–H and O–H groups in total. The molecule has 9 nitrogen and oxygen atoms in total. The lowest BCUT2D eigenvalue weighted by molar-refractivity contribution is 0.355. The van der Waals surface area contributed by atoms with Gasteiger partial charge in [-0.25, -0.2) is 17.8 Å². The molecule has 0 spiro atoms. The van der Waals surface area contributed by atoms with Crippen molar-refractivity contribution in [3.8, 4) is 11.5 Å². The Bertz CT molecular complexity index is 1330. The number of rotatable bonds is 9. The van der Waals surface area contributed by atoms with E-state index in [-0.39, 0.29) is 28.4 Å². The summed E-state index contributed by atoms with van der Waals surface area (Å²) in [7, 11) is -2.26. The van der Waals surface area contributed by atoms with Gasteiger partial charge in [-0.05, 0) is 55.4 Å². The van der Waals surface area contributed by atoms with E-state index in [0.717, 1.165) is 22.5 Å². The average Bonchev–Trinajstić information content (AvgIpc) is 3.26. The summed E-state index contributed by atoms with van der Waals surface area (Å²) in [6.07, 6.45) is 2.52. The summed E-state index contributed by atoms with van der Waals surface area (Å²) in [6, 6.07) is 7.66. The zero-order valence-electron chi connectivity index (χ0n) is 19.9.